The van der Waals surface area contributed by atoms with Gasteiger partial charge in [0.05, 0.1) is 17.6 Å². The lowest BCUT2D eigenvalue weighted by Crippen LogP contribution is -2.18. The molecular formula is C12H16N4O. The number of para-hydroxylation sites is 2. The van der Waals surface area contributed by atoms with Crippen molar-refractivity contribution in [2.75, 3.05) is 12.0 Å². The minimum Gasteiger partial charge on any atom is -0.395 e. The SMILES string of the molecule is CC(C)(/C=N/Nc1nc2ccccc2[nH]1)CO. The van der Waals surface area contributed by atoms with Crippen molar-refractivity contribution in [3.8, 4) is 0 Å². The highest BCUT2D eigenvalue weighted by molar-refractivity contribution is 5.77. The van der Waals surface area contributed by atoms with Gasteiger partial charge in [0.1, 0.15) is 0 Å². The van der Waals surface area contributed by atoms with Gasteiger partial charge in [0.2, 0.25) is 5.95 Å². The second-order valence-corrected chi connectivity index (χ2v) is 4.62. The van der Waals surface area contributed by atoms with Crippen molar-refractivity contribution in [3.63, 3.8) is 0 Å². The number of imidazole rings is 1. The number of aliphatic hydroxyl groups is 1. The Balaban J connectivity index is 2.09. The van der Waals surface area contributed by atoms with Crippen molar-refractivity contribution in [1.29, 1.82) is 0 Å². The van der Waals surface area contributed by atoms with Crippen molar-refractivity contribution in [3.05, 3.63) is 24.3 Å². The predicted octanol–water partition coefficient (Wildman–Crippen LogP) is 1.98. The standard InChI is InChI=1S/C12H16N4O/c1-12(2,8-17)7-13-16-11-14-9-5-3-4-6-10(9)15-11/h3-7,17H,8H2,1-2H3,(H2,14,15,16)/b13-7+. The Labute approximate surface area is 99.6 Å². The van der Waals surface area contributed by atoms with Gasteiger partial charge >= 0.3 is 0 Å². The number of hydrogen-bond acceptors (Lipinski definition) is 4. The Morgan fingerprint density at radius 2 is 2.24 bits per heavy atom. The monoisotopic (exact) mass is 232 g/mol. The van der Waals surface area contributed by atoms with Gasteiger partial charge in [0, 0.05) is 11.6 Å². The first-order valence-corrected chi connectivity index (χ1v) is 5.46. The van der Waals surface area contributed by atoms with Crippen LogP contribution in [0.3, 0.4) is 0 Å². The quantitative estimate of drug-likeness (QED) is 0.557. The molecule has 0 atom stereocenters. The molecule has 1 heterocycles. The molecule has 0 saturated carbocycles. The summed E-state index contributed by atoms with van der Waals surface area (Å²) in [5.74, 6) is 0.594. The lowest BCUT2D eigenvalue weighted by atomic mass is 9.97. The second kappa shape index (κ2) is 4.55. The Hall–Kier alpha value is -1.88. The third-order valence-electron chi connectivity index (χ3n) is 2.38. The molecule has 0 unspecified atom stereocenters. The lowest BCUT2D eigenvalue weighted by Gasteiger charge is -2.13. The molecular weight excluding hydrogens is 216 g/mol. The van der Waals surface area contributed by atoms with Crippen LogP contribution in [-0.4, -0.2) is 27.9 Å². The van der Waals surface area contributed by atoms with Gasteiger partial charge in [-0.05, 0) is 12.1 Å². The first-order chi connectivity index (χ1) is 8.11. The Morgan fingerprint density at radius 3 is 2.94 bits per heavy atom. The van der Waals surface area contributed by atoms with Crippen LogP contribution in [0.5, 0.6) is 0 Å². The van der Waals surface area contributed by atoms with E-state index < -0.39 is 0 Å². The Bertz CT molecular complexity index is 497. The summed E-state index contributed by atoms with van der Waals surface area (Å²) in [7, 11) is 0. The molecule has 0 spiro atoms. The summed E-state index contributed by atoms with van der Waals surface area (Å²) >= 11 is 0. The van der Waals surface area contributed by atoms with Crippen LogP contribution < -0.4 is 5.43 Å². The van der Waals surface area contributed by atoms with E-state index in [1.807, 2.05) is 38.1 Å². The summed E-state index contributed by atoms with van der Waals surface area (Å²) in [6, 6.07) is 7.76. The zero-order valence-electron chi connectivity index (χ0n) is 9.94. The lowest BCUT2D eigenvalue weighted by molar-refractivity contribution is 0.216. The molecule has 0 aliphatic carbocycles. The number of rotatable bonds is 4. The van der Waals surface area contributed by atoms with Gasteiger partial charge in [-0.25, -0.2) is 10.4 Å². The second-order valence-electron chi connectivity index (χ2n) is 4.62. The molecule has 0 saturated heterocycles. The highest BCUT2D eigenvalue weighted by Crippen LogP contribution is 2.14. The normalized spacial score (nSPS) is 12.4. The minimum absolute atomic E-state index is 0.0539. The zero-order valence-corrected chi connectivity index (χ0v) is 9.94. The molecule has 0 fully saturated rings. The summed E-state index contributed by atoms with van der Waals surface area (Å²) in [5, 5.41) is 13.1. The maximum Gasteiger partial charge on any atom is 0.222 e. The number of nitrogens with zero attached hydrogens (tertiary/aromatic N) is 2. The van der Waals surface area contributed by atoms with E-state index in [1.165, 1.54) is 0 Å². The molecule has 1 aromatic carbocycles. The summed E-state index contributed by atoms with van der Waals surface area (Å²) in [4.78, 5) is 7.42. The fraction of sp³-hybridized carbons (Fsp3) is 0.333. The molecule has 5 nitrogen and oxygen atoms in total. The summed E-state index contributed by atoms with van der Waals surface area (Å²) < 4.78 is 0. The van der Waals surface area contributed by atoms with Crippen molar-refractivity contribution < 1.29 is 5.11 Å². The van der Waals surface area contributed by atoms with Crippen molar-refractivity contribution in [1.82, 2.24) is 9.97 Å². The van der Waals surface area contributed by atoms with Crippen molar-refractivity contribution in [2.45, 2.75) is 13.8 Å². The van der Waals surface area contributed by atoms with Gasteiger partial charge in [0.15, 0.2) is 0 Å². The Morgan fingerprint density at radius 1 is 1.47 bits per heavy atom. The summed E-state index contributed by atoms with van der Waals surface area (Å²) in [6.45, 7) is 3.85. The number of aliphatic hydroxyl groups excluding tert-OH is 1. The maximum atomic E-state index is 9.06. The van der Waals surface area contributed by atoms with E-state index >= 15 is 0 Å². The van der Waals surface area contributed by atoms with Crippen LogP contribution in [0.2, 0.25) is 0 Å². The molecule has 0 radical (unpaired) electrons. The zero-order chi connectivity index (χ0) is 12.3. The van der Waals surface area contributed by atoms with Gasteiger partial charge < -0.3 is 10.1 Å². The number of hydrazone groups is 1. The fourth-order valence-corrected chi connectivity index (χ4v) is 1.31. The smallest absolute Gasteiger partial charge is 0.222 e. The summed E-state index contributed by atoms with van der Waals surface area (Å²) in [5.41, 5.74) is 4.34. The number of aromatic amines is 1. The van der Waals surface area contributed by atoms with E-state index in [4.69, 9.17) is 5.11 Å². The van der Waals surface area contributed by atoms with Gasteiger partial charge in [-0.2, -0.15) is 5.10 Å². The van der Waals surface area contributed by atoms with Crippen LogP contribution >= 0.6 is 0 Å². The molecule has 0 aliphatic heterocycles. The fourth-order valence-electron chi connectivity index (χ4n) is 1.31. The number of hydrogen-bond donors (Lipinski definition) is 3. The molecule has 1 aromatic heterocycles. The third-order valence-corrected chi connectivity index (χ3v) is 2.38. The van der Waals surface area contributed by atoms with Gasteiger partial charge in [-0.1, -0.05) is 26.0 Å². The van der Waals surface area contributed by atoms with Crippen LogP contribution in [0.4, 0.5) is 5.95 Å². The van der Waals surface area contributed by atoms with Crippen molar-refractivity contribution in [2.24, 2.45) is 10.5 Å². The number of fused-ring (bicyclic) bond motifs is 1. The van der Waals surface area contributed by atoms with Gasteiger partial charge in [-0.3, -0.25) is 0 Å². The molecule has 2 aromatic rings. The molecule has 0 aliphatic rings. The first kappa shape index (κ1) is 11.6. The van der Waals surface area contributed by atoms with Crippen LogP contribution in [0, 0.1) is 5.41 Å². The Kier molecular flexibility index (Phi) is 3.10. The van der Waals surface area contributed by atoms with E-state index in [0.717, 1.165) is 11.0 Å². The van der Waals surface area contributed by atoms with Crippen LogP contribution in [0.15, 0.2) is 29.4 Å². The largest absolute Gasteiger partial charge is 0.395 e. The van der Waals surface area contributed by atoms with E-state index in [0.29, 0.717) is 5.95 Å². The molecule has 2 rings (SSSR count). The molecule has 3 N–H and O–H groups in total. The number of nitrogens with one attached hydrogen (secondary N) is 2. The average molecular weight is 232 g/mol. The predicted molar refractivity (Wildman–Crippen MR) is 69.1 cm³/mol. The molecule has 17 heavy (non-hydrogen) atoms. The summed E-state index contributed by atoms with van der Waals surface area (Å²) in [6.07, 6.45) is 1.67. The molecule has 0 amide bonds. The van der Waals surface area contributed by atoms with Crippen LogP contribution in [0.1, 0.15) is 13.8 Å². The maximum absolute atomic E-state index is 9.06. The number of benzene rings is 1. The highest BCUT2D eigenvalue weighted by atomic mass is 16.3. The van der Waals surface area contributed by atoms with Gasteiger partial charge in [-0.15, -0.1) is 0 Å². The number of aromatic nitrogens is 2. The van der Waals surface area contributed by atoms with E-state index in [2.05, 4.69) is 20.5 Å². The van der Waals surface area contributed by atoms with Crippen LogP contribution in [-0.2, 0) is 0 Å². The first-order valence-electron chi connectivity index (χ1n) is 5.46. The average Bonchev–Trinajstić information content (AvgIpc) is 2.71. The molecule has 0 bridgehead atoms. The van der Waals surface area contributed by atoms with Crippen LogP contribution in [0.25, 0.3) is 11.0 Å². The van der Waals surface area contributed by atoms with Gasteiger partial charge in [0.25, 0.3) is 0 Å². The topological polar surface area (TPSA) is 73.3 Å². The van der Waals surface area contributed by atoms with E-state index in [-0.39, 0.29) is 12.0 Å². The number of anilines is 1. The van der Waals surface area contributed by atoms with E-state index in [1.54, 1.807) is 6.21 Å². The van der Waals surface area contributed by atoms with Crippen molar-refractivity contribution >= 4 is 23.2 Å². The molecule has 90 valence electrons. The highest BCUT2D eigenvalue weighted by Gasteiger charge is 2.12. The molecule has 5 heteroatoms. The number of H-pyrrole nitrogens is 1. The third kappa shape index (κ3) is 2.82. The minimum atomic E-state index is -0.334. The van der Waals surface area contributed by atoms with E-state index in [9.17, 15) is 0 Å².